The van der Waals surface area contributed by atoms with Gasteiger partial charge in [-0.15, -0.1) is 0 Å². The summed E-state index contributed by atoms with van der Waals surface area (Å²) in [5, 5.41) is 11.6. The Hall–Kier alpha value is -3.83. The van der Waals surface area contributed by atoms with E-state index in [0.717, 1.165) is 0 Å². The third-order valence-electron chi connectivity index (χ3n) is 4.60. The van der Waals surface area contributed by atoms with Gasteiger partial charge in [0.05, 0.1) is 29.3 Å². The van der Waals surface area contributed by atoms with E-state index in [-0.39, 0.29) is 17.0 Å². The van der Waals surface area contributed by atoms with E-state index in [1.54, 1.807) is 61.5 Å². The van der Waals surface area contributed by atoms with E-state index < -0.39 is 15.9 Å². The zero-order valence-corrected chi connectivity index (χ0v) is 17.9. The summed E-state index contributed by atoms with van der Waals surface area (Å²) < 4.78 is 32.9. The molecule has 0 saturated heterocycles. The van der Waals surface area contributed by atoms with Crippen molar-refractivity contribution in [2.45, 2.75) is 11.8 Å². The average molecular weight is 436 g/mol. The average Bonchev–Trinajstić information content (AvgIpc) is 2.80. The molecule has 3 rings (SSSR count). The lowest BCUT2D eigenvalue weighted by molar-refractivity contribution is 0.102. The molecule has 8 heteroatoms. The lowest BCUT2D eigenvalue weighted by Crippen LogP contribution is -2.31. The quantitative estimate of drug-likeness (QED) is 0.604. The predicted octanol–water partition coefficient (Wildman–Crippen LogP) is 4.03. The number of nitrogens with one attached hydrogen (secondary N) is 1. The van der Waals surface area contributed by atoms with Crippen molar-refractivity contribution in [2.75, 3.05) is 23.3 Å². The number of rotatable bonds is 7. The number of carbonyl (C=O) groups is 1. The summed E-state index contributed by atoms with van der Waals surface area (Å²) in [4.78, 5) is 12.6. The summed E-state index contributed by atoms with van der Waals surface area (Å²) >= 11 is 0. The number of nitrogens with zero attached hydrogens (tertiary/aromatic N) is 2. The maximum Gasteiger partial charge on any atom is 0.264 e. The second kappa shape index (κ2) is 9.32. The zero-order valence-electron chi connectivity index (χ0n) is 17.1. The first-order valence-electron chi connectivity index (χ1n) is 9.47. The van der Waals surface area contributed by atoms with Gasteiger partial charge in [-0.05, 0) is 73.7 Å². The summed E-state index contributed by atoms with van der Waals surface area (Å²) in [6.07, 6.45) is 0. The molecule has 0 aliphatic rings. The minimum Gasteiger partial charge on any atom is -0.497 e. The van der Waals surface area contributed by atoms with E-state index >= 15 is 0 Å². The molecule has 0 radical (unpaired) electrons. The van der Waals surface area contributed by atoms with Gasteiger partial charge in [0.25, 0.3) is 15.9 Å². The molecule has 0 bridgehead atoms. The van der Waals surface area contributed by atoms with Crippen LogP contribution in [0.3, 0.4) is 0 Å². The molecule has 0 unspecified atom stereocenters. The van der Waals surface area contributed by atoms with Crippen molar-refractivity contribution in [2.24, 2.45) is 0 Å². The van der Waals surface area contributed by atoms with Gasteiger partial charge in [-0.1, -0.05) is 6.07 Å². The van der Waals surface area contributed by atoms with Crippen LogP contribution in [0.2, 0.25) is 0 Å². The number of hydrogen-bond donors (Lipinski definition) is 1. The fraction of sp³-hybridized carbons (Fsp3) is 0.130. The van der Waals surface area contributed by atoms with Gasteiger partial charge in [0.1, 0.15) is 5.75 Å². The van der Waals surface area contributed by atoms with Gasteiger partial charge in [-0.2, -0.15) is 5.26 Å². The maximum atomic E-state index is 13.3. The highest BCUT2D eigenvalue weighted by molar-refractivity contribution is 7.92. The molecule has 0 aromatic heterocycles. The lowest BCUT2D eigenvalue weighted by atomic mass is 10.2. The molecule has 0 aliphatic carbocycles. The minimum atomic E-state index is -3.89. The van der Waals surface area contributed by atoms with Crippen LogP contribution in [0.1, 0.15) is 22.8 Å². The number of anilines is 2. The molecule has 1 amide bonds. The number of carbonyl (C=O) groups excluding carboxylic acids is 1. The molecule has 0 spiro atoms. The first kappa shape index (κ1) is 21.9. The highest BCUT2D eigenvalue weighted by Gasteiger charge is 2.24. The summed E-state index contributed by atoms with van der Waals surface area (Å²) in [7, 11) is -2.35. The van der Waals surface area contributed by atoms with Crippen molar-refractivity contribution >= 4 is 27.3 Å². The molecule has 158 valence electrons. The highest BCUT2D eigenvalue weighted by Crippen LogP contribution is 2.26. The van der Waals surface area contributed by atoms with Crippen LogP contribution < -0.4 is 14.4 Å². The van der Waals surface area contributed by atoms with Gasteiger partial charge >= 0.3 is 0 Å². The third-order valence-corrected chi connectivity index (χ3v) is 6.50. The van der Waals surface area contributed by atoms with E-state index in [1.807, 2.05) is 6.07 Å². The zero-order chi connectivity index (χ0) is 22.4. The van der Waals surface area contributed by atoms with Crippen LogP contribution in [0, 0.1) is 11.3 Å². The van der Waals surface area contributed by atoms with Crippen LogP contribution in [0.15, 0.2) is 77.7 Å². The van der Waals surface area contributed by atoms with Crippen LogP contribution in [0.25, 0.3) is 0 Å². The Morgan fingerprint density at radius 1 is 1.06 bits per heavy atom. The van der Waals surface area contributed by atoms with Crippen molar-refractivity contribution in [3.63, 3.8) is 0 Å². The van der Waals surface area contributed by atoms with Crippen LogP contribution >= 0.6 is 0 Å². The summed E-state index contributed by atoms with van der Waals surface area (Å²) in [6, 6.07) is 21.0. The molecule has 0 fully saturated rings. The first-order valence-corrected chi connectivity index (χ1v) is 10.9. The second-order valence-corrected chi connectivity index (χ2v) is 8.40. The molecule has 7 nitrogen and oxygen atoms in total. The molecule has 3 aromatic carbocycles. The van der Waals surface area contributed by atoms with Gasteiger partial charge in [-0.25, -0.2) is 8.42 Å². The van der Waals surface area contributed by atoms with Gasteiger partial charge in [0, 0.05) is 17.8 Å². The number of amides is 1. The fourth-order valence-electron chi connectivity index (χ4n) is 3.00. The van der Waals surface area contributed by atoms with Crippen molar-refractivity contribution in [1.29, 1.82) is 5.26 Å². The summed E-state index contributed by atoms with van der Waals surface area (Å²) in [5.41, 5.74) is 1.68. The van der Waals surface area contributed by atoms with Gasteiger partial charge in [0.15, 0.2) is 0 Å². The van der Waals surface area contributed by atoms with E-state index in [1.165, 1.54) is 29.6 Å². The predicted molar refractivity (Wildman–Crippen MR) is 119 cm³/mol. The molecular formula is C23H21N3O4S. The topological polar surface area (TPSA) is 99.5 Å². The summed E-state index contributed by atoms with van der Waals surface area (Å²) in [5.74, 6) is 0.174. The number of benzene rings is 3. The lowest BCUT2D eigenvalue weighted by Gasteiger charge is -2.23. The van der Waals surface area contributed by atoms with Crippen LogP contribution in [-0.2, 0) is 10.0 Å². The monoisotopic (exact) mass is 435 g/mol. The Kier molecular flexibility index (Phi) is 6.58. The SMILES string of the molecule is CCN(c1ccc(OC)cc1)S(=O)(=O)c1cccc(C(=O)Nc2ccc(C#N)cc2)c1. The number of hydrogen-bond acceptors (Lipinski definition) is 5. The Morgan fingerprint density at radius 3 is 2.32 bits per heavy atom. The Balaban J connectivity index is 1.87. The number of ether oxygens (including phenoxy) is 1. The standard InChI is InChI=1S/C23H21N3O4S/c1-3-26(20-11-13-21(30-2)14-12-20)31(28,29)22-6-4-5-18(15-22)23(27)25-19-9-7-17(16-24)8-10-19/h4-15H,3H2,1-2H3,(H,25,27). The van der Waals surface area contributed by atoms with Crippen LogP contribution in [0.4, 0.5) is 11.4 Å². The van der Waals surface area contributed by atoms with Gasteiger partial charge < -0.3 is 10.1 Å². The van der Waals surface area contributed by atoms with E-state index in [4.69, 9.17) is 10.00 Å². The first-order chi connectivity index (χ1) is 14.9. The van der Waals surface area contributed by atoms with Gasteiger partial charge in [-0.3, -0.25) is 9.10 Å². The molecule has 0 aliphatic heterocycles. The molecular weight excluding hydrogens is 414 g/mol. The molecule has 1 N–H and O–H groups in total. The minimum absolute atomic E-state index is 0.0117. The maximum absolute atomic E-state index is 13.3. The molecule has 31 heavy (non-hydrogen) atoms. The smallest absolute Gasteiger partial charge is 0.264 e. The van der Waals surface area contributed by atoms with Crippen molar-refractivity contribution < 1.29 is 17.9 Å². The molecule has 3 aromatic rings. The Morgan fingerprint density at radius 2 is 1.74 bits per heavy atom. The van der Waals surface area contributed by atoms with Crippen molar-refractivity contribution in [1.82, 2.24) is 0 Å². The van der Waals surface area contributed by atoms with E-state index in [0.29, 0.717) is 22.7 Å². The number of nitriles is 1. The van der Waals surface area contributed by atoms with Crippen molar-refractivity contribution in [3.8, 4) is 11.8 Å². The van der Waals surface area contributed by atoms with Crippen LogP contribution in [-0.4, -0.2) is 28.0 Å². The third kappa shape index (κ3) is 4.85. The molecule has 0 saturated carbocycles. The highest BCUT2D eigenvalue weighted by atomic mass is 32.2. The van der Waals surface area contributed by atoms with E-state index in [9.17, 15) is 13.2 Å². The van der Waals surface area contributed by atoms with Gasteiger partial charge in [0.2, 0.25) is 0 Å². The Bertz CT molecular complexity index is 1210. The molecule has 0 atom stereocenters. The van der Waals surface area contributed by atoms with Crippen LogP contribution in [0.5, 0.6) is 5.75 Å². The Labute approximate surface area is 181 Å². The normalized spacial score (nSPS) is 10.7. The summed E-state index contributed by atoms with van der Waals surface area (Å²) in [6.45, 7) is 1.96. The fourth-order valence-corrected chi connectivity index (χ4v) is 4.52. The molecule has 0 heterocycles. The van der Waals surface area contributed by atoms with Crippen molar-refractivity contribution in [3.05, 3.63) is 83.9 Å². The second-order valence-electron chi connectivity index (χ2n) is 6.54. The largest absolute Gasteiger partial charge is 0.497 e. The number of sulfonamides is 1. The number of methoxy groups -OCH3 is 1. The van der Waals surface area contributed by atoms with E-state index in [2.05, 4.69) is 5.32 Å².